The first kappa shape index (κ1) is 24.1. The van der Waals surface area contributed by atoms with Gasteiger partial charge >= 0.3 is 0 Å². The van der Waals surface area contributed by atoms with Crippen LogP contribution in [0, 0.1) is 53.4 Å². The second-order valence-electron chi connectivity index (χ2n) is 7.24. The summed E-state index contributed by atoms with van der Waals surface area (Å²) in [6.07, 6.45) is 0. The first-order valence-electron chi connectivity index (χ1n) is 9.25. The Kier molecular flexibility index (Phi) is 7.48. The largest absolute Gasteiger partial charge is 0.298 e. The SMILES string of the molecule is Cc1cc(C)c(S(=O)(=O)OCC#CCOS(=O)(=O)c2c(C)cc(C)cc2C)c(C)c1. The maximum atomic E-state index is 12.4. The lowest BCUT2D eigenvalue weighted by Gasteiger charge is -2.11. The summed E-state index contributed by atoms with van der Waals surface area (Å²) in [7, 11) is -7.95. The zero-order valence-corrected chi connectivity index (χ0v) is 19.6. The average Bonchev–Trinajstić information content (AvgIpc) is 2.55. The Morgan fingerprint density at radius 2 is 0.867 bits per heavy atom. The van der Waals surface area contributed by atoms with E-state index in [1.807, 2.05) is 13.8 Å². The molecule has 0 heterocycles. The summed E-state index contributed by atoms with van der Waals surface area (Å²) >= 11 is 0. The maximum Gasteiger partial charge on any atom is 0.298 e. The highest BCUT2D eigenvalue weighted by molar-refractivity contribution is 7.87. The quantitative estimate of drug-likeness (QED) is 0.493. The van der Waals surface area contributed by atoms with Crippen LogP contribution in [0.25, 0.3) is 0 Å². The summed E-state index contributed by atoms with van der Waals surface area (Å²) < 4.78 is 59.7. The molecule has 0 fully saturated rings. The lowest BCUT2D eigenvalue weighted by molar-refractivity contribution is 0.355. The van der Waals surface area contributed by atoms with Gasteiger partial charge in [-0.25, -0.2) is 0 Å². The van der Waals surface area contributed by atoms with E-state index in [0.717, 1.165) is 11.1 Å². The lowest BCUT2D eigenvalue weighted by atomic mass is 10.1. The Bertz CT molecular complexity index is 1090. The number of benzene rings is 2. The highest BCUT2D eigenvalue weighted by Crippen LogP contribution is 2.24. The molecule has 0 radical (unpaired) electrons. The van der Waals surface area contributed by atoms with E-state index in [1.54, 1.807) is 52.0 Å². The van der Waals surface area contributed by atoms with E-state index in [1.165, 1.54) is 0 Å². The second-order valence-corrected chi connectivity index (χ2v) is 10.3. The van der Waals surface area contributed by atoms with Crippen molar-refractivity contribution < 1.29 is 25.2 Å². The van der Waals surface area contributed by atoms with Crippen LogP contribution in [0.15, 0.2) is 34.1 Å². The van der Waals surface area contributed by atoms with Crippen molar-refractivity contribution in [3.05, 3.63) is 57.6 Å². The van der Waals surface area contributed by atoms with Crippen molar-refractivity contribution in [2.24, 2.45) is 0 Å². The van der Waals surface area contributed by atoms with Crippen molar-refractivity contribution in [2.45, 2.75) is 51.3 Å². The summed E-state index contributed by atoms with van der Waals surface area (Å²) in [6.45, 7) is 9.78. The van der Waals surface area contributed by atoms with Gasteiger partial charge in [-0.3, -0.25) is 8.37 Å². The van der Waals surface area contributed by atoms with Gasteiger partial charge in [0, 0.05) is 0 Å². The smallest absolute Gasteiger partial charge is 0.253 e. The molecule has 0 bridgehead atoms. The van der Waals surface area contributed by atoms with Gasteiger partial charge in [-0.05, 0) is 63.8 Å². The van der Waals surface area contributed by atoms with Crippen LogP contribution >= 0.6 is 0 Å². The minimum absolute atomic E-state index is 0.124. The standard InChI is InChI=1S/C22H26O6S2/c1-15-11-17(3)21(18(4)12-15)29(23,24)27-9-7-8-10-28-30(25,26)22-19(5)13-16(2)14-20(22)6/h11-14H,9-10H2,1-6H3. The summed E-state index contributed by atoms with van der Waals surface area (Å²) in [5.41, 5.74) is 4.30. The molecule has 0 spiro atoms. The minimum Gasteiger partial charge on any atom is -0.253 e. The number of rotatable bonds is 6. The summed E-state index contributed by atoms with van der Waals surface area (Å²) in [6, 6.07) is 7.07. The summed E-state index contributed by atoms with van der Waals surface area (Å²) in [5.74, 6) is 4.97. The molecular formula is C22H26O6S2. The van der Waals surface area contributed by atoms with Gasteiger partial charge in [-0.2, -0.15) is 16.8 Å². The Labute approximate surface area is 179 Å². The molecular weight excluding hydrogens is 424 g/mol. The van der Waals surface area contributed by atoms with E-state index in [-0.39, 0.29) is 9.79 Å². The fourth-order valence-corrected chi connectivity index (χ4v) is 6.03. The predicted molar refractivity (Wildman–Crippen MR) is 115 cm³/mol. The molecule has 30 heavy (non-hydrogen) atoms. The van der Waals surface area contributed by atoms with E-state index in [0.29, 0.717) is 22.3 Å². The van der Waals surface area contributed by atoms with Crippen LogP contribution in [0.4, 0.5) is 0 Å². The van der Waals surface area contributed by atoms with E-state index >= 15 is 0 Å². The molecule has 0 saturated heterocycles. The first-order valence-corrected chi connectivity index (χ1v) is 12.1. The molecule has 0 atom stereocenters. The molecule has 0 saturated carbocycles. The van der Waals surface area contributed by atoms with Gasteiger partial charge in [-0.1, -0.05) is 47.2 Å². The molecule has 0 aromatic heterocycles. The molecule has 0 N–H and O–H groups in total. The van der Waals surface area contributed by atoms with Crippen LogP contribution in [0.2, 0.25) is 0 Å². The van der Waals surface area contributed by atoms with Crippen LogP contribution < -0.4 is 0 Å². The van der Waals surface area contributed by atoms with E-state index < -0.39 is 33.5 Å². The molecule has 8 heteroatoms. The summed E-state index contributed by atoms with van der Waals surface area (Å²) in [4.78, 5) is 0.248. The third-order valence-electron chi connectivity index (χ3n) is 4.41. The molecule has 2 rings (SSSR count). The van der Waals surface area contributed by atoms with E-state index in [9.17, 15) is 16.8 Å². The van der Waals surface area contributed by atoms with Gasteiger partial charge in [0.25, 0.3) is 20.2 Å². The van der Waals surface area contributed by atoms with Gasteiger partial charge in [0.15, 0.2) is 0 Å². The van der Waals surface area contributed by atoms with Gasteiger partial charge < -0.3 is 0 Å². The van der Waals surface area contributed by atoms with Crippen LogP contribution in [0.3, 0.4) is 0 Å². The van der Waals surface area contributed by atoms with Crippen molar-refractivity contribution in [3.8, 4) is 11.8 Å². The fraction of sp³-hybridized carbons (Fsp3) is 0.364. The van der Waals surface area contributed by atoms with Gasteiger partial charge in [0.1, 0.15) is 13.2 Å². The fourth-order valence-electron chi connectivity index (χ4n) is 3.56. The van der Waals surface area contributed by atoms with Crippen molar-refractivity contribution in [1.29, 1.82) is 0 Å². The van der Waals surface area contributed by atoms with Crippen LogP contribution in [0.1, 0.15) is 33.4 Å². The lowest BCUT2D eigenvalue weighted by Crippen LogP contribution is -2.11. The first-order chi connectivity index (χ1) is 13.8. The van der Waals surface area contributed by atoms with Crippen molar-refractivity contribution in [2.75, 3.05) is 13.2 Å². The van der Waals surface area contributed by atoms with Crippen molar-refractivity contribution in [3.63, 3.8) is 0 Å². The molecule has 6 nitrogen and oxygen atoms in total. The molecule has 0 amide bonds. The Morgan fingerprint density at radius 3 is 1.13 bits per heavy atom. The van der Waals surface area contributed by atoms with E-state index in [2.05, 4.69) is 11.8 Å². The zero-order valence-electron chi connectivity index (χ0n) is 18.0. The highest BCUT2D eigenvalue weighted by Gasteiger charge is 2.21. The van der Waals surface area contributed by atoms with Gasteiger partial charge in [0.05, 0.1) is 9.79 Å². The van der Waals surface area contributed by atoms with Crippen molar-refractivity contribution >= 4 is 20.2 Å². The number of hydrogen-bond donors (Lipinski definition) is 0. The van der Waals surface area contributed by atoms with E-state index in [4.69, 9.17) is 8.37 Å². The third kappa shape index (κ3) is 5.70. The molecule has 2 aromatic rings. The Hall–Kier alpha value is -2.18. The van der Waals surface area contributed by atoms with Gasteiger partial charge in [-0.15, -0.1) is 0 Å². The normalized spacial score (nSPS) is 11.8. The van der Waals surface area contributed by atoms with Crippen LogP contribution in [0.5, 0.6) is 0 Å². The Morgan fingerprint density at radius 1 is 0.600 bits per heavy atom. The van der Waals surface area contributed by atoms with Crippen molar-refractivity contribution in [1.82, 2.24) is 0 Å². The monoisotopic (exact) mass is 450 g/mol. The minimum atomic E-state index is -3.97. The number of aryl methyl sites for hydroxylation is 6. The summed E-state index contributed by atoms with van der Waals surface area (Å²) in [5, 5.41) is 0. The molecule has 0 unspecified atom stereocenters. The van der Waals surface area contributed by atoms with Crippen LogP contribution in [-0.4, -0.2) is 30.0 Å². The maximum absolute atomic E-state index is 12.4. The average molecular weight is 451 g/mol. The highest BCUT2D eigenvalue weighted by atomic mass is 32.2. The molecule has 162 valence electrons. The molecule has 2 aromatic carbocycles. The predicted octanol–water partition coefficient (Wildman–Crippen LogP) is 3.65. The van der Waals surface area contributed by atoms with Gasteiger partial charge in [0.2, 0.25) is 0 Å². The number of hydrogen-bond acceptors (Lipinski definition) is 6. The molecule has 0 aliphatic heterocycles. The zero-order chi connectivity index (χ0) is 22.7. The topological polar surface area (TPSA) is 86.7 Å². The molecule has 0 aliphatic carbocycles. The second kappa shape index (κ2) is 9.31. The third-order valence-corrected chi connectivity index (χ3v) is 7.55. The Balaban J connectivity index is 2.03. The van der Waals surface area contributed by atoms with Crippen LogP contribution in [-0.2, 0) is 28.6 Å². The molecule has 0 aliphatic rings.